The molecule has 0 aliphatic rings. The van der Waals surface area contributed by atoms with Crippen LogP contribution in [0.4, 0.5) is 0 Å². The summed E-state index contributed by atoms with van der Waals surface area (Å²) in [6.07, 6.45) is 11.5. The first-order valence-electron chi connectivity index (χ1n) is 9.66. The number of aliphatic hydroxyl groups is 1. The van der Waals surface area contributed by atoms with Gasteiger partial charge in [-0.1, -0.05) is 51.9 Å². The average molecular weight is 335 g/mol. The van der Waals surface area contributed by atoms with E-state index in [-0.39, 0.29) is 6.10 Å². The Balaban J connectivity index is 3.83. The van der Waals surface area contributed by atoms with E-state index in [9.17, 15) is 5.11 Å². The maximum absolute atomic E-state index is 9.73. The van der Waals surface area contributed by atoms with Gasteiger partial charge in [0.2, 0.25) is 0 Å². The van der Waals surface area contributed by atoms with Gasteiger partial charge in [-0.3, -0.25) is 0 Å². The number of quaternary nitrogens is 1. The average Bonchev–Trinajstić information content (AvgIpc) is 2.50. The van der Waals surface area contributed by atoms with E-state index >= 15 is 0 Å². The van der Waals surface area contributed by atoms with Crippen molar-refractivity contribution in [2.75, 3.05) is 26.2 Å². The van der Waals surface area contributed by atoms with Gasteiger partial charge in [-0.2, -0.15) is 0 Å². The van der Waals surface area contributed by atoms with Crippen molar-refractivity contribution in [2.45, 2.75) is 97.0 Å². The largest absolute Gasteiger partial charge is 0.388 e. The summed E-state index contributed by atoms with van der Waals surface area (Å²) in [6.45, 7) is 12.7. The number of alkyl halides is 1. The molecule has 0 aliphatic carbocycles. The minimum absolute atomic E-state index is 0.225. The molecular weight excluding hydrogens is 294 g/mol. The third kappa shape index (κ3) is 10.9. The van der Waals surface area contributed by atoms with E-state index in [1.54, 1.807) is 0 Å². The Kier molecular flexibility index (Phi) is 13.8. The predicted octanol–water partition coefficient (Wildman–Crippen LogP) is 5.36. The number of unbranched alkanes of at least 4 members (excludes halogenated alkanes) is 6. The molecule has 0 aromatic carbocycles. The number of aliphatic hydroxyl groups excluding tert-OH is 1. The quantitative estimate of drug-likeness (QED) is 0.243. The molecule has 22 heavy (non-hydrogen) atoms. The van der Waals surface area contributed by atoms with Gasteiger partial charge in [0.25, 0.3) is 0 Å². The van der Waals surface area contributed by atoms with Gasteiger partial charge in [0, 0.05) is 11.8 Å². The summed E-state index contributed by atoms with van der Waals surface area (Å²) in [5.74, 6) is 0. The molecule has 1 N–H and O–H groups in total. The second kappa shape index (κ2) is 13.6. The van der Waals surface area contributed by atoms with E-state index in [2.05, 4.69) is 20.8 Å². The van der Waals surface area contributed by atoms with Crippen LogP contribution in [-0.2, 0) is 0 Å². The van der Waals surface area contributed by atoms with Crippen molar-refractivity contribution >= 4 is 11.6 Å². The highest BCUT2D eigenvalue weighted by molar-refractivity contribution is 6.20. The lowest BCUT2D eigenvalue weighted by Gasteiger charge is -2.38. The van der Waals surface area contributed by atoms with Crippen LogP contribution in [0.2, 0.25) is 0 Å². The van der Waals surface area contributed by atoms with Crippen LogP contribution in [0.15, 0.2) is 0 Å². The summed E-state index contributed by atoms with van der Waals surface area (Å²) in [4.78, 5) is 0. The van der Waals surface area contributed by atoms with E-state index in [4.69, 9.17) is 11.6 Å². The Morgan fingerprint density at radius 2 is 1.41 bits per heavy atom. The van der Waals surface area contributed by atoms with Crippen molar-refractivity contribution in [1.82, 2.24) is 0 Å². The highest BCUT2D eigenvalue weighted by Crippen LogP contribution is 2.18. The number of hydrogen-bond donors (Lipinski definition) is 1. The highest BCUT2D eigenvalue weighted by atomic mass is 35.5. The molecule has 0 heterocycles. The van der Waals surface area contributed by atoms with E-state index < -0.39 is 0 Å². The van der Waals surface area contributed by atoms with Crippen LogP contribution in [0.25, 0.3) is 0 Å². The van der Waals surface area contributed by atoms with E-state index in [1.165, 1.54) is 44.9 Å². The summed E-state index contributed by atoms with van der Waals surface area (Å²) in [6, 6.07) is 0. The van der Waals surface area contributed by atoms with Gasteiger partial charge in [-0.15, -0.1) is 11.6 Å². The SMILES string of the molecule is CCCCCCCCCC(Cl)CC[N+](CC)(CC)CC(C)O. The number of rotatable bonds is 15. The monoisotopic (exact) mass is 334 g/mol. The fourth-order valence-electron chi connectivity index (χ4n) is 3.33. The zero-order valence-electron chi connectivity index (χ0n) is 15.6. The Bertz CT molecular complexity index is 242. The molecule has 3 heteroatoms. The van der Waals surface area contributed by atoms with E-state index in [0.29, 0.717) is 5.38 Å². The van der Waals surface area contributed by atoms with Crippen molar-refractivity contribution in [2.24, 2.45) is 0 Å². The molecule has 0 spiro atoms. The van der Waals surface area contributed by atoms with Crippen molar-refractivity contribution in [3.63, 3.8) is 0 Å². The Labute approximate surface area is 144 Å². The molecule has 0 radical (unpaired) electrons. The van der Waals surface area contributed by atoms with Crippen molar-refractivity contribution in [1.29, 1.82) is 0 Å². The van der Waals surface area contributed by atoms with Crippen LogP contribution in [0.1, 0.15) is 85.5 Å². The van der Waals surface area contributed by atoms with Gasteiger partial charge in [-0.25, -0.2) is 0 Å². The van der Waals surface area contributed by atoms with Crippen LogP contribution < -0.4 is 0 Å². The standard InChI is InChI=1S/C19H41ClNO/c1-5-8-9-10-11-12-13-14-19(20)15-16-21(6-2,7-3)17-18(4)22/h18-19,22H,5-17H2,1-4H3/q+1. The molecule has 134 valence electrons. The molecule has 0 aromatic heterocycles. The Morgan fingerprint density at radius 1 is 0.864 bits per heavy atom. The second-order valence-electron chi connectivity index (χ2n) is 7.03. The Hall–Kier alpha value is 0.210. The minimum atomic E-state index is -0.225. The molecule has 0 aliphatic heterocycles. The summed E-state index contributed by atoms with van der Waals surface area (Å²) >= 11 is 6.53. The number of nitrogens with zero attached hydrogens (tertiary/aromatic N) is 1. The normalized spacial score (nSPS) is 15.0. The van der Waals surface area contributed by atoms with Gasteiger partial charge in [0.05, 0.1) is 19.6 Å². The predicted molar refractivity (Wildman–Crippen MR) is 99.6 cm³/mol. The molecule has 0 rings (SSSR count). The van der Waals surface area contributed by atoms with Crippen LogP contribution in [0.3, 0.4) is 0 Å². The smallest absolute Gasteiger partial charge is 0.105 e. The molecule has 0 saturated heterocycles. The zero-order chi connectivity index (χ0) is 16.8. The van der Waals surface area contributed by atoms with Gasteiger partial charge >= 0.3 is 0 Å². The van der Waals surface area contributed by atoms with Crippen molar-refractivity contribution in [3.8, 4) is 0 Å². The first kappa shape index (κ1) is 22.2. The lowest BCUT2D eigenvalue weighted by Crippen LogP contribution is -2.52. The maximum atomic E-state index is 9.73. The summed E-state index contributed by atoms with van der Waals surface area (Å²) in [5.41, 5.74) is 0. The fraction of sp³-hybridized carbons (Fsp3) is 1.00. The first-order valence-corrected chi connectivity index (χ1v) is 10.1. The van der Waals surface area contributed by atoms with Crippen LogP contribution in [0, 0.1) is 0 Å². The lowest BCUT2D eigenvalue weighted by molar-refractivity contribution is -0.927. The molecule has 0 saturated carbocycles. The molecular formula is C19H41ClNO+. The summed E-state index contributed by atoms with van der Waals surface area (Å²) in [5, 5.41) is 10.0. The highest BCUT2D eigenvalue weighted by Gasteiger charge is 2.25. The van der Waals surface area contributed by atoms with Crippen LogP contribution in [0.5, 0.6) is 0 Å². The number of likely N-dealkylation sites (N-methyl/N-ethyl adjacent to an activating group) is 1. The minimum Gasteiger partial charge on any atom is -0.388 e. The van der Waals surface area contributed by atoms with Gasteiger partial charge in [-0.05, 0) is 27.2 Å². The van der Waals surface area contributed by atoms with Crippen LogP contribution >= 0.6 is 11.6 Å². The van der Waals surface area contributed by atoms with Gasteiger partial charge in [0.15, 0.2) is 0 Å². The maximum Gasteiger partial charge on any atom is 0.105 e. The molecule has 0 amide bonds. The zero-order valence-corrected chi connectivity index (χ0v) is 16.4. The van der Waals surface area contributed by atoms with Crippen molar-refractivity contribution in [3.05, 3.63) is 0 Å². The third-order valence-corrected chi connectivity index (χ3v) is 5.47. The van der Waals surface area contributed by atoms with Gasteiger partial charge in [0.1, 0.15) is 12.6 Å². The Morgan fingerprint density at radius 3 is 1.91 bits per heavy atom. The number of hydrogen-bond acceptors (Lipinski definition) is 1. The molecule has 0 aromatic rings. The first-order chi connectivity index (χ1) is 10.5. The van der Waals surface area contributed by atoms with E-state index in [1.807, 2.05) is 6.92 Å². The van der Waals surface area contributed by atoms with E-state index in [0.717, 1.165) is 43.5 Å². The third-order valence-electron chi connectivity index (χ3n) is 5.03. The molecule has 2 nitrogen and oxygen atoms in total. The second-order valence-corrected chi connectivity index (χ2v) is 7.64. The van der Waals surface area contributed by atoms with Crippen LogP contribution in [-0.4, -0.2) is 47.2 Å². The van der Waals surface area contributed by atoms with Gasteiger partial charge < -0.3 is 9.59 Å². The molecule has 2 atom stereocenters. The lowest BCUT2D eigenvalue weighted by atomic mass is 10.1. The topological polar surface area (TPSA) is 20.2 Å². The molecule has 0 fully saturated rings. The summed E-state index contributed by atoms with van der Waals surface area (Å²) in [7, 11) is 0. The molecule has 2 unspecified atom stereocenters. The summed E-state index contributed by atoms with van der Waals surface area (Å²) < 4.78 is 0.998. The fourth-order valence-corrected chi connectivity index (χ4v) is 3.58. The molecule has 0 bridgehead atoms. The van der Waals surface area contributed by atoms with Crippen molar-refractivity contribution < 1.29 is 9.59 Å². The number of halogens is 1.